The topological polar surface area (TPSA) is 89.9 Å². The monoisotopic (exact) mass is 388 g/mol. The number of esters is 1. The molecule has 0 aromatic carbocycles. The van der Waals surface area contributed by atoms with E-state index in [1.165, 1.54) is 12.2 Å². The summed E-state index contributed by atoms with van der Waals surface area (Å²) in [7, 11) is 0. The van der Waals surface area contributed by atoms with Gasteiger partial charge in [0, 0.05) is 17.7 Å². The summed E-state index contributed by atoms with van der Waals surface area (Å²) in [6.07, 6.45) is 5.44. The first-order valence-electron chi connectivity index (χ1n) is 9.05. The number of rotatable bonds is 6. The molecule has 28 heavy (non-hydrogen) atoms. The maximum atomic E-state index is 11.1. The summed E-state index contributed by atoms with van der Waals surface area (Å²) in [5.74, 6) is 1.94. The van der Waals surface area contributed by atoms with Gasteiger partial charge in [0.15, 0.2) is 0 Å². The van der Waals surface area contributed by atoms with Gasteiger partial charge in [0.2, 0.25) is 0 Å². The first-order valence-corrected chi connectivity index (χ1v) is 9.05. The van der Waals surface area contributed by atoms with Crippen LogP contribution in [0, 0.1) is 13.8 Å². The summed E-state index contributed by atoms with van der Waals surface area (Å²) < 4.78 is 15.5. The van der Waals surface area contributed by atoms with E-state index < -0.39 is 5.97 Å². The molecule has 2 rings (SSSR count). The molecule has 0 aliphatic rings. The number of aryl methyl sites for hydroxylation is 2. The molecule has 0 unspecified atom stereocenters. The Morgan fingerprint density at radius 1 is 1.00 bits per heavy atom. The fourth-order valence-electron chi connectivity index (χ4n) is 2.25. The molecule has 6 nitrogen and oxygen atoms in total. The minimum atomic E-state index is -0.964. The van der Waals surface area contributed by atoms with Gasteiger partial charge in [0.05, 0.1) is 6.10 Å². The summed E-state index contributed by atoms with van der Waals surface area (Å²) in [6, 6.07) is 5.58. The number of ether oxygens (including phenoxy) is 1. The number of hydrogen-bond acceptors (Lipinski definition) is 5. The first kappa shape index (κ1) is 23.0. The third-order valence-corrected chi connectivity index (χ3v) is 3.41. The maximum Gasteiger partial charge on any atom is 0.331 e. The van der Waals surface area contributed by atoms with Crippen molar-refractivity contribution in [1.29, 1.82) is 0 Å². The minimum absolute atomic E-state index is 0.0921. The lowest BCUT2D eigenvalue weighted by atomic mass is 10.0. The van der Waals surface area contributed by atoms with Crippen LogP contribution in [0.1, 0.15) is 62.2 Å². The number of carbonyl (C=O) groups excluding carboxylic acids is 1. The molecule has 0 amide bonds. The van der Waals surface area contributed by atoms with Crippen LogP contribution in [0.25, 0.3) is 12.2 Å². The predicted octanol–water partition coefficient (Wildman–Crippen LogP) is 5.36. The average molecular weight is 388 g/mol. The lowest BCUT2D eigenvalue weighted by Gasteiger charge is -2.03. The SMILES string of the molecule is Cc1cc(C(C)C)c(C=CC(=O)O)o1.Cc1ccc(/C=C/C(=O)OC(C)C)o1. The van der Waals surface area contributed by atoms with Crippen molar-refractivity contribution in [1.82, 2.24) is 0 Å². The number of carbonyl (C=O) groups is 2. The molecule has 2 heterocycles. The van der Waals surface area contributed by atoms with Crippen LogP contribution in [-0.2, 0) is 14.3 Å². The third-order valence-electron chi connectivity index (χ3n) is 3.41. The number of carboxylic acids is 1. The van der Waals surface area contributed by atoms with Gasteiger partial charge in [0.1, 0.15) is 23.0 Å². The van der Waals surface area contributed by atoms with Crippen LogP contribution < -0.4 is 0 Å². The van der Waals surface area contributed by atoms with E-state index in [0.29, 0.717) is 17.4 Å². The largest absolute Gasteiger partial charge is 0.478 e. The molecular weight excluding hydrogens is 360 g/mol. The normalized spacial score (nSPS) is 11.3. The highest BCUT2D eigenvalue weighted by molar-refractivity contribution is 5.86. The number of carboxylic acid groups (broad SMARTS) is 1. The summed E-state index contributed by atoms with van der Waals surface area (Å²) in [6.45, 7) is 11.4. The Balaban J connectivity index is 0.000000280. The third kappa shape index (κ3) is 8.58. The molecule has 0 fully saturated rings. The van der Waals surface area contributed by atoms with Crippen molar-refractivity contribution in [2.45, 2.75) is 53.6 Å². The van der Waals surface area contributed by atoms with E-state index in [-0.39, 0.29) is 12.1 Å². The fourth-order valence-corrected chi connectivity index (χ4v) is 2.25. The fraction of sp³-hybridized carbons (Fsp3) is 0.364. The van der Waals surface area contributed by atoms with E-state index in [0.717, 1.165) is 23.2 Å². The zero-order valence-corrected chi connectivity index (χ0v) is 17.2. The Hall–Kier alpha value is -3.02. The van der Waals surface area contributed by atoms with E-state index in [9.17, 15) is 9.59 Å². The number of hydrogen-bond donors (Lipinski definition) is 1. The quantitative estimate of drug-likeness (QED) is 0.529. The van der Waals surface area contributed by atoms with Gasteiger partial charge in [-0.05, 0) is 64.0 Å². The van der Waals surface area contributed by atoms with Crippen LogP contribution in [0.15, 0.2) is 39.2 Å². The van der Waals surface area contributed by atoms with Gasteiger partial charge in [-0.2, -0.15) is 0 Å². The second-order valence-corrected chi connectivity index (χ2v) is 6.77. The van der Waals surface area contributed by atoms with Crippen molar-refractivity contribution in [3.8, 4) is 0 Å². The highest BCUT2D eigenvalue weighted by Crippen LogP contribution is 2.24. The molecule has 2 aromatic rings. The molecule has 0 saturated carbocycles. The summed E-state index contributed by atoms with van der Waals surface area (Å²) in [5.41, 5.74) is 1.04. The van der Waals surface area contributed by atoms with Crippen molar-refractivity contribution in [3.63, 3.8) is 0 Å². The van der Waals surface area contributed by atoms with Crippen molar-refractivity contribution in [2.24, 2.45) is 0 Å². The molecule has 2 aromatic heterocycles. The molecule has 152 valence electrons. The minimum Gasteiger partial charge on any atom is -0.478 e. The summed E-state index contributed by atoms with van der Waals surface area (Å²) in [4.78, 5) is 21.4. The van der Waals surface area contributed by atoms with Crippen molar-refractivity contribution < 1.29 is 28.3 Å². The molecule has 0 bridgehead atoms. The maximum absolute atomic E-state index is 11.1. The van der Waals surface area contributed by atoms with Gasteiger partial charge < -0.3 is 18.7 Å². The van der Waals surface area contributed by atoms with E-state index in [1.807, 2.05) is 53.7 Å². The summed E-state index contributed by atoms with van der Waals surface area (Å²) in [5, 5.41) is 8.48. The molecule has 0 radical (unpaired) electrons. The van der Waals surface area contributed by atoms with E-state index >= 15 is 0 Å². The number of aliphatic carboxylic acids is 1. The highest BCUT2D eigenvalue weighted by Gasteiger charge is 2.09. The van der Waals surface area contributed by atoms with Crippen LogP contribution in [0.3, 0.4) is 0 Å². The molecule has 0 saturated heterocycles. The molecule has 0 spiro atoms. The van der Waals surface area contributed by atoms with E-state index in [2.05, 4.69) is 0 Å². The zero-order chi connectivity index (χ0) is 21.3. The second-order valence-electron chi connectivity index (χ2n) is 6.77. The predicted molar refractivity (Wildman–Crippen MR) is 108 cm³/mol. The van der Waals surface area contributed by atoms with Gasteiger partial charge in [-0.1, -0.05) is 13.8 Å². The Kier molecular flexibility index (Phi) is 9.02. The van der Waals surface area contributed by atoms with Gasteiger partial charge >= 0.3 is 11.9 Å². The van der Waals surface area contributed by atoms with E-state index in [1.54, 1.807) is 12.1 Å². The Morgan fingerprint density at radius 3 is 2.18 bits per heavy atom. The molecule has 0 aliphatic heterocycles. The van der Waals surface area contributed by atoms with Crippen LogP contribution in [0.2, 0.25) is 0 Å². The smallest absolute Gasteiger partial charge is 0.331 e. The number of furan rings is 2. The first-order chi connectivity index (χ1) is 13.1. The highest BCUT2D eigenvalue weighted by atomic mass is 16.5. The molecule has 1 N–H and O–H groups in total. The van der Waals surface area contributed by atoms with Gasteiger partial charge in [-0.25, -0.2) is 9.59 Å². The van der Waals surface area contributed by atoms with Crippen molar-refractivity contribution >= 4 is 24.1 Å². The van der Waals surface area contributed by atoms with E-state index in [4.69, 9.17) is 18.7 Å². The Labute approximate surface area is 165 Å². The average Bonchev–Trinajstić information content (AvgIpc) is 3.16. The zero-order valence-electron chi connectivity index (χ0n) is 17.2. The van der Waals surface area contributed by atoms with Gasteiger partial charge in [0.25, 0.3) is 0 Å². The van der Waals surface area contributed by atoms with Crippen LogP contribution in [-0.4, -0.2) is 23.1 Å². The molecular formula is C22H28O6. The second kappa shape index (κ2) is 11.0. The van der Waals surface area contributed by atoms with Crippen molar-refractivity contribution in [2.75, 3.05) is 0 Å². The van der Waals surface area contributed by atoms with Crippen LogP contribution >= 0.6 is 0 Å². The van der Waals surface area contributed by atoms with Crippen LogP contribution in [0.4, 0.5) is 0 Å². The van der Waals surface area contributed by atoms with Gasteiger partial charge in [-0.15, -0.1) is 0 Å². The standard InChI is InChI=1S/2C11H14O3/c1-8(2)13-11(12)7-6-10-5-4-9(3)14-10;1-7(2)9-6-8(3)14-10(9)4-5-11(12)13/h4-8H,1-3H3;4-7H,1-3H3,(H,12,13)/b7-6+;. The summed E-state index contributed by atoms with van der Waals surface area (Å²) >= 11 is 0. The lowest BCUT2D eigenvalue weighted by molar-refractivity contribution is -0.141. The van der Waals surface area contributed by atoms with Gasteiger partial charge in [-0.3, -0.25) is 0 Å². The molecule has 0 atom stereocenters. The Bertz CT molecular complexity index is 833. The molecule has 0 aliphatic carbocycles. The molecule has 6 heteroatoms. The van der Waals surface area contributed by atoms with Crippen molar-refractivity contribution in [3.05, 3.63) is 59.0 Å². The van der Waals surface area contributed by atoms with Crippen LogP contribution in [0.5, 0.6) is 0 Å². The Morgan fingerprint density at radius 2 is 1.68 bits per heavy atom. The lowest BCUT2D eigenvalue weighted by Crippen LogP contribution is -2.08.